The molecule has 0 saturated carbocycles. The van der Waals surface area contributed by atoms with Gasteiger partial charge in [-0.05, 0) is 24.5 Å². The van der Waals surface area contributed by atoms with E-state index in [0.717, 1.165) is 29.0 Å². The van der Waals surface area contributed by atoms with E-state index in [4.69, 9.17) is 4.98 Å². The van der Waals surface area contributed by atoms with Crippen LogP contribution in [-0.4, -0.2) is 19.2 Å². The number of benzene rings is 2. The molecule has 1 aliphatic rings. The van der Waals surface area contributed by atoms with Crippen LogP contribution in [0.5, 0.6) is 0 Å². The average molecular weight is 417 g/mol. The van der Waals surface area contributed by atoms with Crippen molar-refractivity contribution in [2.24, 2.45) is 7.05 Å². The summed E-state index contributed by atoms with van der Waals surface area (Å²) in [6.45, 7) is 6.34. The molecule has 5 rings (SSSR count). The molecule has 0 fully saturated rings. The number of fused-ring (bicyclic) bond motifs is 4. The second-order valence-corrected chi connectivity index (χ2v) is 9.62. The Morgan fingerprint density at radius 1 is 1.10 bits per heavy atom. The summed E-state index contributed by atoms with van der Waals surface area (Å²) in [6.07, 6.45) is 0.825. The Kier molecular flexibility index (Phi) is 4.36. The molecular formula is C24H24N4OS. The smallest absolute Gasteiger partial charge is 0.265 e. The van der Waals surface area contributed by atoms with Gasteiger partial charge in [-0.25, -0.2) is 14.1 Å². The third kappa shape index (κ3) is 2.98. The molecule has 5 nitrogen and oxygen atoms in total. The van der Waals surface area contributed by atoms with Gasteiger partial charge in [0, 0.05) is 23.8 Å². The average Bonchev–Trinajstić information content (AvgIpc) is 3.03. The van der Waals surface area contributed by atoms with Gasteiger partial charge >= 0.3 is 0 Å². The van der Waals surface area contributed by atoms with Crippen LogP contribution in [0.25, 0.3) is 17.0 Å². The Balaban J connectivity index is 1.67. The zero-order valence-electron chi connectivity index (χ0n) is 17.6. The van der Waals surface area contributed by atoms with Gasteiger partial charge in [-0.1, -0.05) is 79.7 Å². The Morgan fingerprint density at radius 2 is 1.83 bits per heavy atom. The Morgan fingerprint density at radius 3 is 2.60 bits per heavy atom. The normalized spacial score (nSPS) is 14.5. The summed E-state index contributed by atoms with van der Waals surface area (Å²) in [5.74, 6) is 1.33. The van der Waals surface area contributed by atoms with Crippen molar-refractivity contribution in [1.29, 1.82) is 0 Å². The molecule has 0 N–H and O–H groups in total. The van der Waals surface area contributed by atoms with Gasteiger partial charge in [-0.2, -0.15) is 0 Å². The summed E-state index contributed by atoms with van der Waals surface area (Å²) in [5, 5.41) is 5.32. The first-order valence-electron chi connectivity index (χ1n) is 10.1. The van der Waals surface area contributed by atoms with Gasteiger partial charge in [0.2, 0.25) is 5.78 Å². The van der Waals surface area contributed by atoms with Crippen LogP contribution in [0, 0.1) is 6.92 Å². The summed E-state index contributed by atoms with van der Waals surface area (Å²) < 4.78 is 3.40. The molecule has 0 aliphatic heterocycles. The number of thioether (sulfide) groups is 1. The van der Waals surface area contributed by atoms with Crippen LogP contribution in [0.4, 0.5) is 0 Å². The predicted octanol–water partition coefficient (Wildman–Crippen LogP) is 4.53. The maximum absolute atomic E-state index is 13.7. The van der Waals surface area contributed by atoms with Crippen molar-refractivity contribution in [3.63, 3.8) is 0 Å². The number of rotatable bonds is 3. The quantitative estimate of drug-likeness (QED) is 0.461. The topological polar surface area (TPSA) is 52.2 Å². The molecule has 0 radical (unpaired) electrons. The number of hydrogen-bond donors (Lipinski definition) is 0. The van der Waals surface area contributed by atoms with Crippen LogP contribution in [0.1, 0.15) is 36.1 Å². The van der Waals surface area contributed by atoms with Gasteiger partial charge in [0.1, 0.15) is 0 Å². The lowest BCUT2D eigenvalue weighted by atomic mass is 9.72. The van der Waals surface area contributed by atoms with E-state index in [-0.39, 0.29) is 11.0 Å². The molecule has 0 saturated heterocycles. The molecule has 2 aromatic heterocycles. The van der Waals surface area contributed by atoms with Gasteiger partial charge < -0.3 is 0 Å². The van der Waals surface area contributed by atoms with Gasteiger partial charge in [0.15, 0.2) is 5.16 Å². The van der Waals surface area contributed by atoms with E-state index in [1.54, 1.807) is 20.8 Å². The maximum Gasteiger partial charge on any atom is 0.265 e. The highest BCUT2D eigenvalue weighted by molar-refractivity contribution is 7.98. The fourth-order valence-corrected chi connectivity index (χ4v) is 5.28. The highest BCUT2D eigenvalue weighted by Gasteiger charge is 2.36. The zero-order chi connectivity index (χ0) is 21.0. The fourth-order valence-electron chi connectivity index (χ4n) is 4.32. The molecule has 2 heterocycles. The van der Waals surface area contributed by atoms with E-state index >= 15 is 0 Å². The van der Waals surface area contributed by atoms with Crippen molar-refractivity contribution in [1.82, 2.24) is 19.2 Å². The number of aromatic nitrogens is 4. The minimum absolute atomic E-state index is 0.00555. The highest BCUT2D eigenvalue weighted by atomic mass is 32.2. The molecule has 0 atom stereocenters. The first-order chi connectivity index (χ1) is 14.3. The van der Waals surface area contributed by atoms with E-state index in [1.807, 2.05) is 13.1 Å². The van der Waals surface area contributed by atoms with Crippen LogP contribution < -0.4 is 5.56 Å². The molecule has 6 heteroatoms. The van der Waals surface area contributed by atoms with Crippen molar-refractivity contribution in [2.45, 2.75) is 43.5 Å². The molecular weight excluding hydrogens is 392 g/mol. The molecule has 0 bridgehead atoms. The lowest BCUT2D eigenvalue weighted by Crippen LogP contribution is -2.36. The van der Waals surface area contributed by atoms with Crippen molar-refractivity contribution in [3.8, 4) is 11.3 Å². The lowest BCUT2D eigenvalue weighted by Gasteiger charge is -2.32. The van der Waals surface area contributed by atoms with Crippen LogP contribution in [0.2, 0.25) is 0 Å². The molecule has 152 valence electrons. The second-order valence-electron chi connectivity index (χ2n) is 8.67. The standard InChI is InChI=1S/C24H24N4OS/c1-15-9-11-16(12-10-15)14-30-23-26-27(4)22-25-20-18-8-6-5-7-17(18)13-24(2,3)19(20)21(29)28(22)23/h5-12H,13-14H2,1-4H3. The van der Waals surface area contributed by atoms with Crippen molar-refractivity contribution < 1.29 is 0 Å². The zero-order valence-corrected chi connectivity index (χ0v) is 18.5. The SMILES string of the molecule is Cc1ccc(CSc2nn(C)c3nc4c(c(=O)n23)C(C)(C)Cc2ccccc2-4)cc1. The van der Waals surface area contributed by atoms with Gasteiger partial charge in [0.25, 0.3) is 5.56 Å². The molecule has 0 amide bonds. The van der Waals surface area contributed by atoms with Crippen LogP contribution >= 0.6 is 11.8 Å². The molecule has 4 aromatic rings. The molecule has 1 aliphatic carbocycles. The van der Waals surface area contributed by atoms with Crippen LogP contribution in [0.15, 0.2) is 58.5 Å². The molecule has 0 unspecified atom stereocenters. The number of nitrogens with zero attached hydrogens (tertiary/aromatic N) is 4. The second kappa shape index (κ2) is 6.84. The van der Waals surface area contributed by atoms with Crippen molar-refractivity contribution in [2.75, 3.05) is 0 Å². The fraction of sp³-hybridized carbons (Fsp3) is 0.292. The first kappa shape index (κ1) is 19.1. The summed E-state index contributed by atoms with van der Waals surface area (Å²) in [5.41, 5.74) is 6.02. The van der Waals surface area contributed by atoms with E-state index in [9.17, 15) is 4.79 Å². The maximum atomic E-state index is 13.7. The van der Waals surface area contributed by atoms with Gasteiger partial charge in [-0.15, -0.1) is 5.10 Å². The highest BCUT2D eigenvalue weighted by Crippen LogP contribution is 2.40. The van der Waals surface area contributed by atoms with E-state index in [0.29, 0.717) is 10.9 Å². The van der Waals surface area contributed by atoms with Crippen molar-refractivity contribution >= 4 is 17.5 Å². The van der Waals surface area contributed by atoms with Gasteiger partial charge in [-0.3, -0.25) is 4.79 Å². The molecule has 2 aromatic carbocycles. The third-order valence-electron chi connectivity index (χ3n) is 5.85. The van der Waals surface area contributed by atoms with Crippen LogP contribution in [0.3, 0.4) is 0 Å². The summed E-state index contributed by atoms with van der Waals surface area (Å²) in [6, 6.07) is 16.7. The monoisotopic (exact) mass is 416 g/mol. The van der Waals surface area contributed by atoms with Crippen LogP contribution in [-0.2, 0) is 24.6 Å². The first-order valence-corrected chi connectivity index (χ1v) is 11.1. The van der Waals surface area contributed by atoms with Gasteiger partial charge in [0.05, 0.1) is 11.3 Å². The molecule has 0 spiro atoms. The summed E-state index contributed by atoms with van der Waals surface area (Å²) in [4.78, 5) is 18.7. The van der Waals surface area contributed by atoms with Crippen molar-refractivity contribution in [3.05, 3.63) is 81.1 Å². The summed E-state index contributed by atoms with van der Waals surface area (Å²) in [7, 11) is 1.85. The summed E-state index contributed by atoms with van der Waals surface area (Å²) >= 11 is 1.57. The Bertz CT molecular complexity index is 1330. The minimum atomic E-state index is -0.288. The number of hydrogen-bond acceptors (Lipinski definition) is 4. The third-order valence-corrected chi connectivity index (χ3v) is 6.85. The lowest BCUT2D eigenvalue weighted by molar-refractivity contribution is 0.505. The Hall–Kier alpha value is -2.86. The largest absolute Gasteiger partial charge is 0.268 e. The van der Waals surface area contributed by atoms with E-state index < -0.39 is 0 Å². The van der Waals surface area contributed by atoms with E-state index in [2.05, 4.69) is 68.3 Å². The Labute approximate surface area is 179 Å². The predicted molar refractivity (Wildman–Crippen MR) is 121 cm³/mol. The molecule has 30 heavy (non-hydrogen) atoms. The minimum Gasteiger partial charge on any atom is -0.268 e. The van der Waals surface area contributed by atoms with E-state index in [1.165, 1.54) is 16.7 Å². The number of aryl methyl sites for hydroxylation is 2.